The van der Waals surface area contributed by atoms with Gasteiger partial charge in [-0.1, -0.05) is 65.8 Å². The summed E-state index contributed by atoms with van der Waals surface area (Å²) < 4.78 is 0. The highest BCUT2D eigenvalue weighted by Gasteiger charge is 2.25. The van der Waals surface area contributed by atoms with Gasteiger partial charge in [-0.05, 0) is 28.9 Å². The Labute approximate surface area is 125 Å². The summed E-state index contributed by atoms with van der Waals surface area (Å²) in [5.41, 5.74) is 9.31. The molecular formula is C18H32N2. The van der Waals surface area contributed by atoms with E-state index in [1.807, 2.05) is 0 Å². The number of hydrogen-bond donors (Lipinski definition) is 2. The summed E-state index contributed by atoms with van der Waals surface area (Å²) >= 11 is 0. The maximum Gasteiger partial charge on any atom is 0.0241 e. The van der Waals surface area contributed by atoms with Gasteiger partial charge in [-0.25, -0.2) is 0 Å². The molecule has 0 aromatic heterocycles. The van der Waals surface area contributed by atoms with Crippen LogP contribution in [0.4, 0.5) is 0 Å². The zero-order valence-electron chi connectivity index (χ0n) is 14.2. The van der Waals surface area contributed by atoms with E-state index < -0.39 is 0 Å². The van der Waals surface area contributed by atoms with Crippen LogP contribution in [0.25, 0.3) is 0 Å². The maximum absolute atomic E-state index is 6.28. The van der Waals surface area contributed by atoms with Crippen LogP contribution in [-0.2, 0) is 12.0 Å². The molecule has 2 nitrogen and oxygen atoms in total. The molecule has 0 spiro atoms. The number of hydrogen-bond acceptors (Lipinski definition) is 2. The first kappa shape index (κ1) is 17.2. The second-order valence-corrected chi connectivity index (χ2v) is 8.01. The fourth-order valence-corrected chi connectivity index (χ4v) is 2.28. The van der Waals surface area contributed by atoms with Crippen LogP contribution < -0.4 is 11.1 Å². The number of nitrogens with one attached hydrogen (secondary N) is 1. The maximum atomic E-state index is 6.28. The predicted octanol–water partition coefficient (Wildman–Crippen LogP) is 3.84. The van der Waals surface area contributed by atoms with Crippen molar-refractivity contribution in [1.29, 1.82) is 0 Å². The molecule has 20 heavy (non-hydrogen) atoms. The minimum Gasteiger partial charge on any atom is -0.326 e. The van der Waals surface area contributed by atoms with Crippen LogP contribution >= 0.6 is 0 Å². The molecule has 0 saturated carbocycles. The van der Waals surface area contributed by atoms with Crippen molar-refractivity contribution < 1.29 is 0 Å². The Balaban J connectivity index is 2.59. The zero-order chi connectivity index (χ0) is 15.6. The zero-order valence-corrected chi connectivity index (χ0v) is 14.2. The molecule has 114 valence electrons. The van der Waals surface area contributed by atoms with Crippen molar-refractivity contribution in [3.05, 3.63) is 35.4 Å². The first-order valence-corrected chi connectivity index (χ1v) is 7.60. The molecule has 1 rings (SSSR count). The largest absolute Gasteiger partial charge is 0.326 e. The van der Waals surface area contributed by atoms with Crippen molar-refractivity contribution in [3.63, 3.8) is 0 Å². The quantitative estimate of drug-likeness (QED) is 0.877. The first-order valence-electron chi connectivity index (χ1n) is 7.60. The van der Waals surface area contributed by atoms with Gasteiger partial charge < -0.3 is 11.1 Å². The molecule has 0 aliphatic heterocycles. The van der Waals surface area contributed by atoms with Crippen LogP contribution in [0.5, 0.6) is 0 Å². The first-order chi connectivity index (χ1) is 9.01. The van der Waals surface area contributed by atoms with Crippen LogP contribution in [0, 0.1) is 5.41 Å². The Hall–Kier alpha value is -0.860. The molecule has 0 saturated heterocycles. The van der Waals surface area contributed by atoms with Gasteiger partial charge in [0.2, 0.25) is 0 Å². The molecule has 2 atom stereocenters. The van der Waals surface area contributed by atoms with Gasteiger partial charge in [0, 0.05) is 18.6 Å². The normalized spacial score (nSPS) is 16.0. The number of rotatable bonds is 4. The Bertz CT molecular complexity index is 407. The molecule has 0 bridgehead atoms. The van der Waals surface area contributed by atoms with E-state index in [1.165, 1.54) is 11.1 Å². The highest BCUT2D eigenvalue weighted by Crippen LogP contribution is 2.22. The fraction of sp³-hybridized carbons (Fsp3) is 0.667. The molecule has 0 heterocycles. The molecule has 0 fully saturated rings. The van der Waals surface area contributed by atoms with Crippen molar-refractivity contribution in [1.82, 2.24) is 5.32 Å². The highest BCUT2D eigenvalue weighted by atomic mass is 14.9. The van der Waals surface area contributed by atoms with Gasteiger partial charge in [0.15, 0.2) is 0 Å². The molecule has 2 heteroatoms. The number of benzene rings is 1. The Morgan fingerprint density at radius 1 is 1.00 bits per heavy atom. The third kappa shape index (κ3) is 4.92. The van der Waals surface area contributed by atoms with E-state index in [9.17, 15) is 0 Å². The summed E-state index contributed by atoms with van der Waals surface area (Å²) in [6.45, 7) is 16.3. The SMILES string of the molecule is CC(NCc1ccc(C(C)(C)C)cc1)C(N)C(C)(C)C. The fourth-order valence-electron chi connectivity index (χ4n) is 2.28. The van der Waals surface area contributed by atoms with Crippen molar-refractivity contribution in [2.24, 2.45) is 11.1 Å². The third-order valence-corrected chi connectivity index (χ3v) is 3.99. The van der Waals surface area contributed by atoms with E-state index in [0.717, 1.165) is 6.54 Å². The van der Waals surface area contributed by atoms with E-state index in [0.29, 0.717) is 6.04 Å². The molecule has 2 unspecified atom stereocenters. The second kappa shape index (κ2) is 6.28. The van der Waals surface area contributed by atoms with Crippen molar-refractivity contribution >= 4 is 0 Å². The molecule has 1 aromatic rings. The summed E-state index contributed by atoms with van der Waals surface area (Å²) in [6, 6.07) is 9.33. The lowest BCUT2D eigenvalue weighted by Gasteiger charge is -2.32. The lowest BCUT2D eigenvalue weighted by molar-refractivity contribution is 0.262. The van der Waals surface area contributed by atoms with Gasteiger partial charge in [-0.2, -0.15) is 0 Å². The Morgan fingerprint density at radius 3 is 1.90 bits per heavy atom. The van der Waals surface area contributed by atoms with Gasteiger partial charge in [-0.15, -0.1) is 0 Å². The smallest absolute Gasteiger partial charge is 0.0241 e. The van der Waals surface area contributed by atoms with Gasteiger partial charge in [0.25, 0.3) is 0 Å². The van der Waals surface area contributed by atoms with Gasteiger partial charge >= 0.3 is 0 Å². The van der Waals surface area contributed by atoms with E-state index in [2.05, 4.69) is 78.0 Å². The van der Waals surface area contributed by atoms with Crippen LogP contribution in [0.15, 0.2) is 24.3 Å². The van der Waals surface area contributed by atoms with E-state index in [4.69, 9.17) is 5.73 Å². The summed E-state index contributed by atoms with van der Waals surface area (Å²) in [6.07, 6.45) is 0. The third-order valence-electron chi connectivity index (χ3n) is 3.99. The molecule has 0 amide bonds. The molecular weight excluding hydrogens is 244 g/mol. The molecule has 1 aromatic carbocycles. The average molecular weight is 276 g/mol. The summed E-state index contributed by atoms with van der Waals surface area (Å²) in [4.78, 5) is 0. The Morgan fingerprint density at radius 2 is 1.50 bits per heavy atom. The van der Waals surface area contributed by atoms with Gasteiger partial charge in [0.1, 0.15) is 0 Å². The second-order valence-electron chi connectivity index (χ2n) is 8.01. The van der Waals surface area contributed by atoms with Gasteiger partial charge in [0.05, 0.1) is 0 Å². The standard InChI is InChI=1S/C18H32N2/c1-13(16(19)18(5,6)7)20-12-14-8-10-15(11-9-14)17(2,3)4/h8-11,13,16,20H,12,19H2,1-7H3. The van der Waals surface area contributed by atoms with Crippen LogP contribution in [0.3, 0.4) is 0 Å². The average Bonchev–Trinajstić information content (AvgIpc) is 2.33. The molecule has 3 N–H and O–H groups in total. The van der Waals surface area contributed by atoms with Crippen LogP contribution in [0.2, 0.25) is 0 Å². The van der Waals surface area contributed by atoms with Gasteiger partial charge in [-0.3, -0.25) is 0 Å². The lowest BCUT2D eigenvalue weighted by atomic mass is 9.83. The number of nitrogens with two attached hydrogens (primary N) is 1. The van der Waals surface area contributed by atoms with Crippen molar-refractivity contribution in [2.45, 2.75) is 72.5 Å². The van der Waals surface area contributed by atoms with Crippen LogP contribution in [-0.4, -0.2) is 12.1 Å². The van der Waals surface area contributed by atoms with E-state index in [1.54, 1.807) is 0 Å². The lowest BCUT2D eigenvalue weighted by Crippen LogP contribution is -2.50. The topological polar surface area (TPSA) is 38.0 Å². The monoisotopic (exact) mass is 276 g/mol. The van der Waals surface area contributed by atoms with Crippen LogP contribution in [0.1, 0.15) is 59.6 Å². The van der Waals surface area contributed by atoms with Crippen molar-refractivity contribution in [3.8, 4) is 0 Å². The minimum absolute atomic E-state index is 0.127. The molecule has 0 radical (unpaired) electrons. The molecule has 0 aliphatic rings. The highest BCUT2D eigenvalue weighted by molar-refractivity contribution is 5.27. The van der Waals surface area contributed by atoms with E-state index in [-0.39, 0.29) is 16.9 Å². The van der Waals surface area contributed by atoms with E-state index >= 15 is 0 Å². The summed E-state index contributed by atoms with van der Waals surface area (Å²) in [5, 5.41) is 3.54. The predicted molar refractivity (Wildman–Crippen MR) is 88.9 cm³/mol. The minimum atomic E-state index is 0.127. The molecule has 0 aliphatic carbocycles. The summed E-state index contributed by atoms with van der Waals surface area (Å²) in [7, 11) is 0. The Kier molecular flexibility index (Phi) is 5.39. The van der Waals surface area contributed by atoms with Crippen molar-refractivity contribution in [2.75, 3.05) is 0 Å². The summed E-state index contributed by atoms with van der Waals surface area (Å²) in [5.74, 6) is 0.